The highest BCUT2D eigenvalue weighted by Gasteiger charge is 2.21. The molecule has 0 atom stereocenters. The summed E-state index contributed by atoms with van der Waals surface area (Å²) in [5.41, 5.74) is -0.892. The molecule has 2 aromatic carbocycles. The Balaban J connectivity index is 0.000000205. The number of halogens is 3. The number of nitrogens with zero attached hydrogens (tertiary/aromatic N) is 5. The van der Waals surface area contributed by atoms with E-state index in [9.17, 15) is 18.4 Å². The average molecular weight is 830 g/mol. The SMILES string of the molecule is CC(C)(C)OC(=O)NCCBr.CC(C)(C)OC(=O)NCCN1CCN(c2nccc3ccc(F)cc23)CC1.Fc1ccc2ccnc(N3CCNCC3)c2c1. The van der Waals surface area contributed by atoms with E-state index in [1.54, 1.807) is 36.7 Å². The normalized spacial score (nSPS) is 15.0. The molecule has 0 spiro atoms. The summed E-state index contributed by atoms with van der Waals surface area (Å²) in [5.74, 6) is 1.27. The summed E-state index contributed by atoms with van der Waals surface area (Å²) in [6.45, 7) is 20.0. The predicted molar refractivity (Wildman–Crippen MR) is 219 cm³/mol. The van der Waals surface area contributed by atoms with Crippen molar-refractivity contribution in [3.8, 4) is 0 Å². The lowest BCUT2D eigenvalue weighted by atomic mass is 10.1. The third-order valence-corrected chi connectivity index (χ3v) is 8.76. The summed E-state index contributed by atoms with van der Waals surface area (Å²) in [6.07, 6.45) is 2.81. The maximum Gasteiger partial charge on any atom is 0.407 e. The highest BCUT2D eigenvalue weighted by Crippen LogP contribution is 2.27. The Morgan fingerprint density at radius 2 is 1.16 bits per heavy atom. The minimum Gasteiger partial charge on any atom is -0.444 e. The van der Waals surface area contributed by atoms with Crippen LogP contribution < -0.4 is 25.8 Å². The van der Waals surface area contributed by atoms with Crippen molar-refractivity contribution in [3.05, 3.63) is 72.6 Å². The van der Waals surface area contributed by atoms with Crippen molar-refractivity contribution in [3.63, 3.8) is 0 Å². The summed E-state index contributed by atoms with van der Waals surface area (Å²) in [4.78, 5) is 38.1. The van der Waals surface area contributed by atoms with Crippen LogP contribution in [0.5, 0.6) is 0 Å². The van der Waals surface area contributed by atoms with Crippen molar-refractivity contribution in [2.24, 2.45) is 0 Å². The van der Waals surface area contributed by atoms with Gasteiger partial charge in [-0.05, 0) is 88.7 Å². The first kappa shape index (κ1) is 43.4. The molecular formula is C40H55BrF2N8O4. The summed E-state index contributed by atoms with van der Waals surface area (Å²) < 4.78 is 37.2. The van der Waals surface area contributed by atoms with Gasteiger partial charge in [-0.15, -0.1) is 0 Å². The van der Waals surface area contributed by atoms with Crippen LogP contribution in [0.25, 0.3) is 21.5 Å². The van der Waals surface area contributed by atoms with Gasteiger partial charge in [0.05, 0.1) is 0 Å². The molecule has 4 aromatic rings. The summed E-state index contributed by atoms with van der Waals surface area (Å²) in [5, 5.41) is 13.2. The van der Waals surface area contributed by atoms with Crippen molar-refractivity contribution in [1.82, 2.24) is 30.8 Å². The lowest BCUT2D eigenvalue weighted by Crippen LogP contribution is -2.49. The van der Waals surface area contributed by atoms with Gasteiger partial charge in [-0.1, -0.05) is 28.1 Å². The first-order valence-electron chi connectivity index (χ1n) is 18.6. The lowest BCUT2D eigenvalue weighted by Gasteiger charge is -2.35. The van der Waals surface area contributed by atoms with Crippen molar-refractivity contribution >= 4 is 61.3 Å². The van der Waals surface area contributed by atoms with E-state index in [-0.39, 0.29) is 23.8 Å². The molecule has 0 bridgehead atoms. The molecule has 6 rings (SSSR count). The molecule has 15 heteroatoms. The fourth-order valence-electron chi connectivity index (χ4n) is 5.91. The van der Waals surface area contributed by atoms with Crippen LogP contribution in [0.15, 0.2) is 60.9 Å². The number of pyridine rings is 2. The molecule has 2 aliphatic rings. The Hall–Kier alpha value is -4.34. The number of benzene rings is 2. The second kappa shape index (κ2) is 20.5. The maximum absolute atomic E-state index is 13.7. The topological polar surface area (TPSA) is 124 Å². The number of alkyl carbamates (subject to hydrolysis) is 2. The number of alkyl halides is 1. The number of anilines is 2. The van der Waals surface area contributed by atoms with Gasteiger partial charge in [-0.3, -0.25) is 4.90 Å². The molecule has 0 saturated carbocycles. The van der Waals surface area contributed by atoms with E-state index in [2.05, 4.69) is 56.5 Å². The fraction of sp³-hybridized carbons (Fsp3) is 0.500. The zero-order valence-electron chi connectivity index (χ0n) is 32.8. The van der Waals surface area contributed by atoms with E-state index >= 15 is 0 Å². The largest absolute Gasteiger partial charge is 0.444 e. The Labute approximate surface area is 331 Å². The number of amides is 2. The molecule has 55 heavy (non-hydrogen) atoms. The van der Waals surface area contributed by atoms with Crippen LogP contribution in [0.2, 0.25) is 0 Å². The molecule has 2 saturated heterocycles. The highest BCUT2D eigenvalue weighted by molar-refractivity contribution is 9.09. The molecule has 2 aliphatic heterocycles. The number of fused-ring (bicyclic) bond motifs is 2. The number of ether oxygens (including phenoxy) is 2. The van der Waals surface area contributed by atoms with E-state index in [0.717, 1.165) is 97.4 Å². The van der Waals surface area contributed by atoms with Gasteiger partial charge >= 0.3 is 12.2 Å². The standard InChI is InChI=1S/C20H27FN4O2.C13H14FN3.C7H14BrNO2/c1-20(2,3)27-19(26)23-8-9-24-10-12-25(13-11-24)18-17-14-16(21)5-4-15(17)6-7-22-18;14-11-2-1-10-3-4-16-13(12(10)9-11)17-7-5-15-6-8-17;1-7(2,3)11-6(10)9-5-4-8/h4-7,14H,8-13H2,1-3H3,(H,23,26);1-4,9,15H,5-8H2;4-5H2,1-3H3,(H,9,10). The van der Waals surface area contributed by atoms with Gasteiger partial charge in [0.25, 0.3) is 0 Å². The van der Waals surface area contributed by atoms with Gasteiger partial charge in [-0.2, -0.15) is 0 Å². The van der Waals surface area contributed by atoms with Crippen LogP contribution in [0.1, 0.15) is 41.5 Å². The van der Waals surface area contributed by atoms with Gasteiger partial charge < -0.3 is 35.2 Å². The number of piperazine rings is 2. The van der Waals surface area contributed by atoms with E-state index < -0.39 is 11.2 Å². The van der Waals surface area contributed by atoms with Crippen LogP contribution in [-0.2, 0) is 9.47 Å². The van der Waals surface area contributed by atoms with Crippen LogP contribution >= 0.6 is 15.9 Å². The van der Waals surface area contributed by atoms with Gasteiger partial charge in [0, 0.05) is 100 Å². The maximum atomic E-state index is 13.7. The van der Waals surface area contributed by atoms with E-state index in [1.165, 1.54) is 12.1 Å². The summed E-state index contributed by atoms with van der Waals surface area (Å²) in [6, 6.07) is 13.5. The second-order valence-electron chi connectivity index (χ2n) is 15.1. The van der Waals surface area contributed by atoms with Crippen LogP contribution in [-0.4, -0.2) is 116 Å². The smallest absolute Gasteiger partial charge is 0.407 e. The molecule has 0 unspecified atom stereocenters. The summed E-state index contributed by atoms with van der Waals surface area (Å²) in [7, 11) is 0. The van der Waals surface area contributed by atoms with Crippen molar-refractivity contribution in [2.75, 3.05) is 87.1 Å². The number of hydrogen-bond donors (Lipinski definition) is 3. The third-order valence-electron chi connectivity index (χ3n) is 8.36. The zero-order chi connectivity index (χ0) is 40.0. The Morgan fingerprint density at radius 3 is 1.62 bits per heavy atom. The number of aromatic nitrogens is 2. The molecule has 12 nitrogen and oxygen atoms in total. The monoisotopic (exact) mass is 828 g/mol. The molecule has 2 amide bonds. The van der Waals surface area contributed by atoms with Gasteiger partial charge in [0.1, 0.15) is 34.5 Å². The van der Waals surface area contributed by atoms with Gasteiger partial charge in [0.2, 0.25) is 0 Å². The third kappa shape index (κ3) is 14.7. The summed E-state index contributed by atoms with van der Waals surface area (Å²) >= 11 is 3.19. The molecule has 3 N–H and O–H groups in total. The quantitative estimate of drug-likeness (QED) is 0.173. The average Bonchev–Trinajstić information content (AvgIpc) is 3.13. The Morgan fingerprint density at radius 1 is 0.709 bits per heavy atom. The Kier molecular flexibility index (Phi) is 16.2. The van der Waals surface area contributed by atoms with E-state index in [4.69, 9.17) is 9.47 Å². The van der Waals surface area contributed by atoms with Crippen molar-refractivity contribution < 1.29 is 27.8 Å². The fourth-order valence-corrected chi connectivity index (χ4v) is 6.11. The zero-order valence-corrected chi connectivity index (χ0v) is 34.3. The molecule has 0 radical (unpaired) electrons. The molecule has 2 fully saturated rings. The minimum absolute atomic E-state index is 0.207. The molecular weight excluding hydrogens is 774 g/mol. The minimum atomic E-state index is -0.485. The van der Waals surface area contributed by atoms with Gasteiger partial charge in [0.15, 0.2) is 0 Å². The van der Waals surface area contributed by atoms with Crippen LogP contribution in [0.4, 0.5) is 30.0 Å². The predicted octanol–water partition coefficient (Wildman–Crippen LogP) is 6.71. The first-order chi connectivity index (χ1) is 26.1. The number of carbonyl (C=O) groups is 2. The number of hydrogen-bond acceptors (Lipinski definition) is 10. The number of rotatable bonds is 7. The first-order valence-corrected chi connectivity index (χ1v) is 19.8. The Bertz CT molecular complexity index is 1840. The van der Waals surface area contributed by atoms with Gasteiger partial charge in [-0.25, -0.2) is 28.3 Å². The molecule has 0 aliphatic carbocycles. The van der Waals surface area contributed by atoms with Crippen LogP contribution in [0, 0.1) is 11.6 Å². The van der Waals surface area contributed by atoms with E-state index in [1.807, 2.05) is 53.7 Å². The number of carbonyl (C=O) groups excluding carboxylic acids is 2. The van der Waals surface area contributed by atoms with E-state index in [0.29, 0.717) is 13.1 Å². The second-order valence-corrected chi connectivity index (χ2v) is 15.9. The molecule has 2 aromatic heterocycles. The lowest BCUT2D eigenvalue weighted by molar-refractivity contribution is 0.0514. The molecule has 300 valence electrons. The van der Waals surface area contributed by atoms with Crippen molar-refractivity contribution in [1.29, 1.82) is 0 Å². The highest BCUT2D eigenvalue weighted by atomic mass is 79.9. The van der Waals surface area contributed by atoms with Crippen molar-refractivity contribution in [2.45, 2.75) is 52.7 Å². The molecule has 4 heterocycles. The van der Waals surface area contributed by atoms with Crippen LogP contribution in [0.3, 0.4) is 0 Å². The number of nitrogens with one attached hydrogen (secondary N) is 3.